The topological polar surface area (TPSA) is 141 Å². The molecule has 0 unspecified atom stereocenters. The predicted molar refractivity (Wildman–Crippen MR) is 136 cm³/mol. The standard InChI is InChI=1S/C24H30N4O7S/c1-32-16-14-20(22(21(15-16)33-2)35-11-5-10-29)27-23-24(26-19-7-4-3-6-18(19)25-23)28-36(30,31)17-8-12-34-13-9-17/h3-4,6-7,14-15,17,29H,5,8-13H2,1-2H3,(H,25,27)(H,26,28). The lowest BCUT2D eigenvalue weighted by molar-refractivity contribution is 0.0984. The number of benzene rings is 2. The monoisotopic (exact) mass is 518 g/mol. The van der Waals surface area contributed by atoms with E-state index in [4.69, 9.17) is 18.9 Å². The molecule has 0 spiro atoms. The Morgan fingerprint density at radius 1 is 1.06 bits per heavy atom. The first kappa shape index (κ1) is 25.7. The van der Waals surface area contributed by atoms with Crippen molar-refractivity contribution in [2.24, 2.45) is 0 Å². The highest BCUT2D eigenvalue weighted by Gasteiger charge is 2.29. The Morgan fingerprint density at radius 2 is 1.75 bits per heavy atom. The van der Waals surface area contributed by atoms with Crippen LogP contribution in [0.3, 0.4) is 0 Å². The number of fused-ring (bicyclic) bond motifs is 1. The molecule has 3 aromatic rings. The van der Waals surface area contributed by atoms with Crippen LogP contribution in [-0.4, -0.2) is 69.4 Å². The number of sulfonamides is 1. The molecule has 3 N–H and O–H groups in total. The molecule has 2 heterocycles. The minimum absolute atomic E-state index is 0.0322. The highest BCUT2D eigenvalue weighted by atomic mass is 32.2. The number of aromatic nitrogens is 2. The van der Waals surface area contributed by atoms with Crippen LogP contribution < -0.4 is 24.2 Å². The smallest absolute Gasteiger partial charge is 0.237 e. The first-order chi connectivity index (χ1) is 17.4. The Hall–Kier alpha value is -3.35. The van der Waals surface area contributed by atoms with Gasteiger partial charge in [-0.2, -0.15) is 0 Å². The maximum Gasteiger partial charge on any atom is 0.237 e. The third-order valence-electron chi connectivity index (χ3n) is 5.70. The summed E-state index contributed by atoms with van der Waals surface area (Å²) >= 11 is 0. The highest BCUT2D eigenvalue weighted by molar-refractivity contribution is 7.93. The molecule has 0 amide bonds. The molecule has 1 saturated heterocycles. The summed E-state index contributed by atoms with van der Waals surface area (Å²) in [5.41, 5.74) is 1.54. The molecule has 4 rings (SSSR count). The number of hydrogen-bond acceptors (Lipinski definition) is 10. The van der Waals surface area contributed by atoms with E-state index in [9.17, 15) is 13.5 Å². The van der Waals surface area contributed by atoms with E-state index in [-0.39, 0.29) is 24.8 Å². The molecule has 0 radical (unpaired) electrons. The van der Waals surface area contributed by atoms with Crippen molar-refractivity contribution in [2.75, 3.05) is 50.7 Å². The summed E-state index contributed by atoms with van der Waals surface area (Å²) in [4.78, 5) is 9.20. The maximum absolute atomic E-state index is 13.2. The zero-order valence-electron chi connectivity index (χ0n) is 20.2. The van der Waals surface area contributed by atoms with Crippen molar-refractivity contribution in [3.8, 4) is 17.2 Å². The van der Waals surface area contributed by atoms with Crippen LogP contribution in [0.25, 0.3) is 11.0 Å². The van der Waals surface area contributed by atoms with Crippen molar-refractivity contribution in [1.29, 1.82) is 0 Å². The fourth-order valence-electron chi connectivity index (χ4n) is 3.82. The normalized spacial score (nSPS) is 14.4. The van der Waals surface area contributed by atoms with Gasteiger partial charge in [-0.05, 0) is 25.0 Å². The van der Waals surface area contributed by atoms with Gasteiger partial charge in [0.25, 0.3) is 0 Å². The van der Waals surface area contributed by atoms with Crippen molar-refractivity contribution in [3.05, 3.63) is 36.4 Å². The number of rotatable bonds is 11. The van der Waals surface area contributed by atoms with Gasteiger partial charge in [-0.15, -0.1) is 0 Å². The molecule has 1 aliphatic rings. The van der Waals surface area contributed by atoms with Gasteiger partial charge in [0, 0.05) is 38.4 Å². The summed E-state index contributed by atoms with van der Waals surface area (Å²) in [6, 6.07) is 10.5. The number of nitrogens with zero attached hydrogens (tertiary/aromatic N) is 2. The molecule has 0 bridgehead atoms. The largest absolute Gasteiger partial charge is 0.497 e. The predicted octanol–water partition coefficient (Wildman–Crippen LogP) is 3.07. The van der Waals surface area contributed by atoms with Crippen molar-refractivity contribution in [2.45, 2.75) is 24.5 Å². The van der Waals surface area contributed by atoms with Crippen LogP contribution in [0, 0.1) is 0 Å². The second-order valence-corrected chi connectivity index (χ2v) is 10.1. The average Bonchev–Trinajstić information content (AvgIpc) is 2.90. The number of methoxy groups -OCH3 is 2. The number of aliphatic hydroxyl groups excluding tert-OH is 1. The molecule has 1 aliphatic heterocycles. The summed E-state index contributed by atoms with van der Waals surface area (Å²) < 4.78 is 51.1. The van der Waals surface area contributed by atoms with Crippen molar-refractivity contribution in [1.82, 2.24) is 9.97 Å². The summed E-state index contributed by atoms with van der Waals surface area (Å²) in [5, 5.41) is 11.7. The summed E-state index contributed by atoms with van der Waals surface area (Å²) in [6.07, 6.45) is 1.21. The van der Waals surface area contributed by atoms with E-state index in [1.165, 1.54) is 14.2 Å². The Balaban J connectivity index is 1.77. The fraction of sp³-hybridized carbons (Fsp3) is 0.417. The molecule has 2 aromatic carbocycles. The summed E-state index contributed by atoms with van der Waals surface area (Å²) in [5.74, 6) is 1.49. The zero-order chi connectivity index (χ0) is 25.5. The second kappa shape index (κ2) is 11.6. The first-order valence-corrected chi connectivity index (χ1v) is 13.1. The minimum Gasteiger partial charge on any atom is -0.497 e. The fourth-order valence-corrected chi connectivity index (χ4v) is 5.21. The van der Waals surface area contributed by atoms with Gasteiger partial charge < -0.3 is 29.4 Å². The Bertz CT molecular complexity index is 1300. The van der Waals surface area contributed by atoms with Gasteiger partial charge in [0.1, 0.15) is 5.75 Å². The molecule has 12 heteroatoms. The van der Waals surface area contributed by atoms with Gasteiger partial charge in [-0.3, -0.25) is 4.72 Å². The van der Waals surface area contributed by atoms with Gasteiger partial charge in [-0.25, -0.2) is 18.4 Å². The SMILES string of the molecule is COc1cc(Nc2nc3ccccc3nc2NS(=O)(=O)C2CCOCC2)c(OCCCO)c(OC)c1. The third kappa shape index (κ3) is 5.89. The van der Waals surface area contributed by atoms with Crippen LogP contribution in [0.4, 0.5) is 17.3 Å². The Labute approximate surface area is 209 Å². The average molecular weight is 519 g/mol. The number of anilines is 3. The molecule has 36 heavy (non-hydrogen) atoms. The Kier molecular flexibility index (Phi) is 8.28. The number of para-hydroxylation sites is 2. The van der Waals surface area contributed by atoms with Crippen LogP contribution >= 0.6 is 0 Å². The zero-order valence-corrected chi connectivity index (χ0v) is 21.0. The molecule has 0 aliphatic carbocycles. The van der Waals surface area contributed by atoms with E-state index in [0.717, 1.165) is 0 Å². The van der Waals surface area contributed by atoms with E-state index in [1.54, 1.807) is 30.3 Å². The number of aliphatic hydroxyl groups is 1. The molecule has 1 fully saturated rings. The molecule has 194 valence electrons. The van der Waals surface area contributed by atoms with E-state index in [2.05, 4.69) is 20.0 Å². The lowest BCUT2D eigenvalue weighted by Crippen LogP contribution is -2.33. The molecule has 0 saturated carbocycles. The van der Waals surface area contributed by atoms with Crippen molar-refractivity contribution < 1.29 is 32.5 Å². The lowest BCUT2D eigenvalue weighted by Gasteiger charge is -2.23. The van der Waals surface area contributed by atoms with Gasteiger partial charge in [0.05, 0.1) is 42.8 Å². The van der Waals surface area contributed by atoms with E-state index >= 15 is 0 Å². The van der Waals surface area contributed by atoms with Gasteiger partial charge >= 0.3 is 0 Å². The highest BCUT2D eigenvalue weighted by Crippen LogP contribution is 2.42. The van der Waals surface area contributed by atoms with Crippen LogP contribution in [0.5, 0.6) is 17.2 Å². The van der Waals surface area contributed by atoms with Crippen LogP contribution in [-0.2, 0) is 14.8 Å². The van der Waals surface area contributed by atoms with Crippen LogP contribution in [0.15, 0.2) is 36.4 Å². The molecular formula is C24H30N4O7S. The maximum atomic E-state index is 13.2. The number of nitrogens with one attached hydrogen (secondary N) is 2. The first-order valence-electron chi connectivity index (χ1n) is 11.6. The van der Waals surface area contributed by atoms with E-state index in [1.807, 2.05) is 6.07 Å². The number of hydrogen-bond donors (Lipinski definition) is 3. The van der Waals surface area contributed by atoms with Gasteiger partial charge in [-0.1, -0.05) is 12.1 Å². The molecular weight excluding hydrogens is 488 g/mol. The quantitative estimate of drug-likeness (QED) is 0.324. The second-order valence-electron chi connectivity index (χ2n) is 8.13. The van der Waals surface area contributed by atoms with E-state index in [0.29, 0.717) is 66.4 Å². The van der Waals surface area contributed by atoms with Crippen molar-refractivity contribution in [3.63, 3.8) is 0 Å². The molecule has 11 nitrogen and oxygen atoms in total. The van der Waals surface area contributed by atoms with Crippen LogP contribution in [0.2, 0.25) is 0 Å². The Morgan fingerprint density at radius 3 is 2.39 bits per heavy atom. The van der Waals surface area contributed by atoms with Crippen molar-refractivity contribution >= 4 is 38.4 Å². The summed E-state index contributed by atoms with van der Waals surface area (Å²) in [7, 11) is -0.731. The van der Waals surface area contributed by atoms with Gasteiger partial charge in [0.15, 0.2) is 23.1 Å². The van der Waals surface area contributed by atoms with Crippen LogP contribution in [0.1, 0.15) is 19.3 Å². The summed E-state index contributed by atoms with van der Waals surface area (Å²) in [6.45, 7) is 0.979. The molecule has 1 aromatic heterocycles. The number of ether oxygens (including phenoxy) is 4. The lowest BCUT2D eigenvalue weighted by atomic mass is 10.2. The minimum atomic E-state index is -3.75. The van der Waals surface area contributed by atoms with Gasteiger partial charge in [0.2, 0.25) is 10.0 Å². The van der Waals surface area contributed by atoms with E-state index < -0.39 is 15.3 Å². The third-order valence-corrected chi connectivity index (χ3v) is 7.53. The molecule has 0 atom stereocenters.